The molecule has 0 fully saturated rings. The van der Waals surface area contributed by atoms with E-state index in [2.05, 4.69) is 10.8 Å². The Bertz CT molecular complexity index is 606. The van der Waals surface area contributed by atoms with Gasteiger partial charge in [0.25, 0.3) is 0 Å². The molecular weight excluding hydrogens is 234 g/mol. The highest BCUT2D eigenvalue weighted by Gasteiger charge is 2.03. The van der Waals surface area contributed by atoms with Crippen molar-refractivity contribution in [2.45, 2.75) is 0 Å². The Balaban J connectivity index is 2.36. The van der Waals surface area contributed by atoms with Crippen molar-refractivity contribution in [3.63, 3.8) is 0 Å². The molecule has 0 bridgehead atoms. The maximum absolute atomic E-state index is 11.1. The average Bonchev–Trinajstić information content (AvgIpc) is 2.28. The monoisotopic (exact) mass is 246 g/mol. The highest BCUT2D eigenvalue weighted by atomic mass is 32.2. The molecule has 0 heterocycles. The summed E-state index contributed by atoms with van der Waals surface area (Å²) < 4.78 is 24.7. The fourth-order valence-electron chi connectivity index (χ4n) is 1.56. The molecule has 2 rings (SSSR count). The predicted molar refractivity (Wildman–Crippen MR) is 69.2 cm³/mol. The lowest BCUT2D eigenvalue weighted by atomic mass is 10.1. The fraction of sp³-hybridized carbons (Fsp3) is 0.0769. The van der Waals surface area contributed by atoms with Crippen LogP contribution in [0.1, 0.15) is 0 Å². The lowest BCUT2D eigenvalue weighted by molar-refractivity contribution is 0.607. The van der Waals surface area contributed by atoms with E-state index in [1.165, 1.54) is 0 Å². The Morgan fingerprint density at radius 1 is 1.06 bits per heavy atom. The number of anilines is 1. The van der Waals surface area contributed by atoms with Gasteiger partial charge >= 0.3 is 0 Å². The molecular formula is C13H12NO2S. The maximum atomic E-state index is 11.1. The topological polar surface area (TPSA) is 46.2 Å². The third-order valence-corrected chi connectivity index (χ3v) is 2.82. The summed E-state index contributed by atoms with van der Waals surface area (Å²) in [6.45, 7) is 0. The molecule has 0 aliphatic heterocycles. The van der Waals surface area contributed by atoms with Gasteiger partial charge < -0.3 is 0 Å². The number of benzene rings is 2. The van der Waals surface area contributed by atoms with Crippen molar-refractivity contribution in [2.24, 2.45) is 0 Å². The summed E-state index contributed by atoms with van der Waals surface area (Å²) in [7, 11) is -3.23. The molecule has 0 aliphatic carbocycles. The number of rotatable bonds is 3. The summed E-state index contributed by atoms with van der Waals surface area (Å²) in [5.41, 5.74) is 2.56. The SMILES string of the molecule is CS(=O)(=O)Nc1cccc(-c2cc[c]cc2)c1. The molecule has 0 atom stereocenters. The van der Waals surface area contributed by atoms with Crippen molar-refractivity contribution >= 4 is 15.7 Å². The first-order valence-electron chi connectivity index (χ1n) is 5.09. The van der Waals surface area contributed by atoms with E-state index in [4.69, 9.17) is 0 Å². The van der Waals surface area contributed by atoms with E-state index < -0.39 is 10.0 Å². The largest absolute Gasteiger partial charge is 0.284 e. The van der Waals surface area contributed by atoms with Crippen molar-refractivity contribution in [3.05, 3.63) is 54.6 Å². The first kappa shape index (κ1) is 11.7. The minimum Gasteiger partial charge on any atom is -0.284 e. The molecule has 1 radical (unpaired) electrons. The van der Waals surface area contributed by atoms with Crippen LogP contribution in [0.3, 0.4) is 0 Å². The second-order valence-corrected chi connectivity index (χ2v) is 5.49. The molecule has 2 aromatic carbocycles. The zero-order valence-electron chi connectivity index (χ0n) is 9.34. The fourth-order valence-corrected chi connectivity index (χ4v) is 2.11. The van der Waals surface area contributed by atoms with Gasteiger partial charge in [-0.15, -0.1) is 0 Å². The Hall–Kier alpha value is -1.81. The summed E-state index contributed by atoms with van der Waals surface area (Å²) in [5.74, 6) is 0. The van der Waals surface area contributed by atoms with Gasteiger partial charge in [0.1, 0.15) is 0 Å². The summed E-state index contributed by atoms with van der Waals surface area (Å²) in [5, 5.41) is 0. The normalized spacial score (nSPS) is 11.1. The van der Waals surface area contributed by atoms with Gasteiger partial charge in [-0.2, -0.15) is 0 Å². The third kappa shape index (κ3) is 3.32. The van der Waals surface area contributed by atoms with Gasteiger partial charge in [0.15, 0.2) is 0 Å². The summed E-state index contributed by atoms with van der Waals surface area (Å²) in [6.07, 6.45) is 1.14. The van der Waals surface area contributed by atoms with Crippen LogP contribution in [-0.2, 0) is 10.0 Å². The lowest BCUT2D eigenvalue weighted by Crippen LogP contribution is -2.09. The van der Waals surface area contributed by atoms with E-state index in [0.717, 1.165) is 17.4 Å². The summed E-state index contributed by atoms with van der Waals surface area (Å²) in [4.78, 5) is 0. The van der Waals surface area contributed by atoms with Crippen molar-refractivity contribution in [2.75, 3.05) is 11.0 Å². The molecule has 0 unspecified atom stereocenters. The highest BCUT2D eigenvalue weighted by molar-refractivity contribution is 7.92. The smallest absolute Gasteiger partial charge is 0.229 e. The van der Waals surface area contributed by atoms with Crippen LogP contribution in [-0.4, -0.2) is 14.7 Å². The Kier molecular flexibility index (Phi) is 3.15. The Morgan fingerprint density at radius 2 is 1.76 bits per heavy atom. The Morgan fingerprint density at radius 3 is 2.41 bits per heavy atom. The van der Waals surface area contributed by atoms with Crippen LogP contribution < -0.4 is 4.72 Å². The standard InChI is InChI=1S/C13H12NO2S/c1-17(15,16)14-13-9-5-8-12(10-13)11-6-3-2-4-7-11/h3-10,14H,1H3. The van der Waals surface area contributed by atoms with Gasteiger partial charge in [-0.05, 0) is 29.3 Å². The van der Waals surface area contributed by atoms with Gasteiger partial charge in [-0.1, -0.05) is 36.4 Å². The number of sulfonamides is 1. The predicted octanol–water partition coefficient (Wildman–Crippen LogP) is 2.53. The van der Waals surface area contributed by atoms with E-state index in [9.17, 15) is 8.42 Å². The van der Waals surface area contributed by atoms with Crippen molar-refractivity contribution in [3.8, 4) is 11.1 Å². The molecule has 17 heavy (non-hydrogen) atoms. The summed E-state index contributed by atoms with van der Waals surface area (Å²) >= 11 is 0. The molecule has 1 N–H and O–H groups in total. The molecule has 0 aromatic heterocycles. The Labute approximate surface area is 101 Å². The zero-order valence-corrected chi connectivity index (χ0v) is 10.2. The summed E-state index contributed by atoms with van der Waals surface area (Å²) in [6, 6.07) is 17.7. The average molecular weight is 246 g/mol. The minimum absolute atomic E-state index is 0.567. The number of nitrogens with one attached hydrogen (secondary N) is 1. The van der Waals surface area contributed by atoms with Gasteiger partial charge in [0.05, 0.1) is 6.26 Å². The van der Waals surface area contributed by atoms with Gasteiger partial charge in [0.2, 0.25) is 10.0 Å². The van der Waals surface area contributed by atoms with Crippen LogP contribution in [0.2, 0.25) is 0 Å². The van der Waals surface area contributed by atoms with Crippen molar-refractivity contribution in [1.29, 1.82) is 0 Å². The second-order valence-electron chi connectivity index (χ2n) is 3.74. The van der Waals surface area contributed by atoms with Crippen LogP contribution in [0.15, 0.2) is 48.5 Å². The molecule has 0 saturated heterocycles. The van der Waals surface area contributed by atoms with Crippen LogP contribution in [0.25, 0.3) is 11.1 Å². The van der Waals surface area contributed by atoms with E-state index in [1.807, 2.05) is 36.4 Å². The van der Waals surface area contributed by atoms with E-state index in [0.29, 0.717) is 5.69 Å². The molecule has 0 spiro atoms. The van der Waals surface area contributed by atoms with Crippen molar-refractivity contribution in [1.82, 2.24) is 0 Å². The van der Waals surface area contributed by atoms with Gasteiger partial charge in [-0.3, -0.25) is 4.72 Å². The number of hydrogen-bond acceptors (Lipinski definition) is 2. The van der Waals surface area contributed by atoms with Gasteiger partial charge in [0, 0.05) is 5.69 Å². The quantitative estimate of drug-likeness (QED) is 0.904. The van der Waals surface area contributed by atoms with Gasteiger partial charge in [-0.25, -0.2) is 8.42 Å². The molecule has 0 saturated carbocycles. The van der Waals surface area contributed by atoms with Crippen molar-refractivity contribution < 1.29 is 8.42 Å². The third-order valence-electron chi connectivity index (χ3n) is 2.22. The molecule has 4 heteroatoms. The molecule has 0 amide bonds. The van der Waals surface area contributed by atoms with Crippen LogP contribution >= 0.6 is 0 Å². The minimum atomic E-state index is -3.23. The van der Waals surface area contributed by atoms with Crippen LogP contribution in [0, 0.1) is 6.07 Å². The lowest BCUT2D eigenvalue weighted by Gasteiger charge is -2.06. The van der Waals surface area contributed by atoms with E-state index >= 15 is 0 Å². The second kappa shape index (κ2) is 4.59. The van der Waals surface area contributed by atoms with Crippen LogP contribution in [0.4, 0.5) is 5.69 Å². The molecule has 3 nitrogen and oxygen atoms in total. The molecule has 87 valence electrons. The van der Waals surface area contributed by atoms with E-state index in [-0.39, 0.29) is 0 Å². The number of hydrogen-bond donors (Lipinski definition) is 1. The first-order chi connectivity index (χ1) is 8.04. The maximum Gasteiger partial charge on any atom is 0.229 e. The van der Waals surface area contributed by atoms with Crippen LogP contribution in [0.5, 0.6) is 0 Å². The first-order valence-corrected chi connectivity index (χ1v) is 6.98. The zero-order chi connectivity index (χ0) is 12.3. The highest BCUT2D eigenvalue weighted by Crippen LogP contribution is 2.22. The molecule has 0 aliphatic rings. The van der Waals surface area contributed by atoms with E-state index in [1.54, 1.807) is 12.1 Å². The molecule has 2 aromatic rings.